The molecule has 1 aromatic carbocycles. The van der Waals surface area contributed by atoms with Gasteiger partial charge in [0.2, 0.25) is 5.95 Å². The number of piperazine rings is 1. The Labute approximate surface area is 185 Å². The number of fused-ring (bicyclic) bond motifs is 1. The molecule has 2 aliphatic rings. The lowest BCUT2D eigenvalue weighted by Gasteiger charge is -2.41. The summed E-state index contributed by atoms with van der Waals surface area (Å²) in [6.45, 7) is 2.56. The van der Waals surface area contributed by atoms with E-state index in [1.807, 2.05) is 4.90 Å². The molecule has 0 spiro atoms. The molecular formula is C22H28FN5O4. The van der Waals surface area contributed by atoms with Gasteiger partial charge in [-0.25, -0.2) is 9.37 Å². The summed E-state index contributed by atoms with van der Waals surface area (Å²) in [6, 6.07) is 1.45. The number of carbonyl (C=O) groups is 1. The number of ketones is 1. The number of anilines is 2. The van der Waals surface area contributed by atoms with Gasteiger partial charge in [-0.15, -0.1) is 0 Å². The van der Waals surface area contributed by atoms with Crippen molar-refractivity contribution in [3.63, 3.8) is 0 Å². The minimum Gasteiger partial charge on any atom is -0.493 e. The third-order valence-corrected chi connectivity index (χ3v) is 5.76. The van der Waals surface area contributed by atoms with Crippen molar-refractivity contribution in [1.82, 2.24) is 14.9 Å². The van der Waals surface area contributed by atoms with Crippen LogP contribution in [0.1, 0.15) is 12.8 Å². The van der Waals surface area contributed by atoms with Crippen molar-refractivity contribution in [3.8, 4) is 11.5 Å². The predicted octanol–water partition coefficient (Wildman–Crippen LogP) is 1.79. The highest BCUT2D eigenvalue weighted by molar-refractivity contribution is 5.93. The number of halogens is 1. The molecule has 1 aliphatic heterocycles. The van der Waals surface area contributed by atoms with E-state index in [0.717, 1.165) is 12.8 Å². The van der Waals surface area contributed by atoms with E-state index in [4.69, 9.17) is 19.9 Å². The highest BCUT2D eigenvalue weighted by Crippen LogP contribution is 2.37. The van der Waals surface area contributed by atoms with E-state index in [2.05, 4.69) is 14.9 Å². The lowest BCUT2D eigenvalue weighted by molar-refractivity contribution is -0.116. The first-order valence-electron chi connectivity index (χ1n) is 10.5. The normalized spacial score (nSPS) is 18.7. The van der Waals surface area contributed by atoms with Gasteiger partial charge in [0.25, 0.3) is 0 Å². The average molecular weight is 445 g/mol. The Hall–Kier alpha value is -2.98. The third kappa shape index (κ3) is 4.46. The Morgan fingerprint density at radius 1 is 1.25 bits per heavy atom. The van der Waals surface area contributed by atoms with Gasteiger partial charge in [-0.05, 0) is 25.0 Å². The number of benzene rings is 1. The molecule has 4 rings (SSSR count). The van der Waals surface area contributed by atoms with Crippen LogP contribution in [-0.4, -0.2) is 80.8 Å². The standard InChI is InChI=1S/C22H28FN5O4/c1-30-12-14-10-27(11-15(29)8-13-4-5-13)6-7-28(14)22-25-19-16(21(24)26-22)9-17(31-2)20(32-3)18(19)23/h8-9,14H,4-7,10-12H2,1-3H3,(H2,24,25,26). The second kappa shape index (κ2) is 9.25. The average Bonchev–Trinajstić information content (AvgIpc) is 3.58. The van der Waals surface area contributed by atoms with Crippen LogP contribution in [0.4, 0.5) is 16.2 Å². The maximum Gasteiger partial charge on any atom is 0.228 e. The molecule has 1 atom stereocenters. The summed E-state index contributed by atoms with van der Waals surface area (Å²) in [4.78, 5) is 25.2. The molecule has 1 aromatic heterocycles. The quantitative estimate of drug-likeness (QED) is 0.609. The van der Waals surface area contributed by atoms with Crippen LogP contribution in [-0.2, 0) is 9.53 Å². The Morgan fingerprint density at radius 3 is 2.69 bits per heavy atom. The van der Waals surface area contributed by atoms with E-state index in [1.165, 1.54) is 19.8 Å². The summed E-state index contributed by atoms with van der Waals surface area (Å²) in [5.74, 6) is 0.112. The molecular weight excluding hydrogens is 417 g/mol. The molecule has 2 N–H and O–H groups in total. The van der Waals surface area contributed by atoms with Gasteiger partial charge in [-0.1, -0.05) is 5.57 Å². The Balaban J connectivity index is 1.62. The predicted molar refractivity (Wildman–Crippen MR) is 119 cm³/mol. The minimum absolute atomic E-state index is 0.0365. The smallest absolute Gasteiger partial charge is 0.228 e. The van der Waals surface area contributed by atoms with Crippen LogP contribution >= 0.6 is 0 Å². The number of ether oxygens (including phenoxy) is 3. The Bertz CT molecular complexity index is 1050. The first-order chi connectivity index (χ1) is 15.4. The van der Waals surface area contributed by atoms with E-state index in [0.29, 0.717) is 44.1 Å². The lowest BCUT2D eigenvalue weighted by Crippen LogP contribution is -2.56. The second-order valence-corrected chi connectivity index (χ2v) is 8.04. The molecule has 2 fully saturated rings. The van der Waals surface area contributed by atoms with Crippen LogP contribution in [0.3, 0.4) is 0 Å². The maximum absolute atomic E-state index is 15.2. The molecule has 1 unspecified atom stereocenters. The molecule has 0 radical (unpaired) electrons. The third-order valence-electron chi connectivity index (χ3n) is 5.76. The number of nitrogens with two attached hydrogens (primary N) is 1. The highest BCUT2D eigenvalue weighted by Gasteiger charge is 2.31. The second-order valence-electron chi connectivity index (χ2n) is 8.04. The fourth-order valence-electron chi connectivity index (χ4n) is 4.04. The van der Waals surface area contributed by atoms with E-state index in [9.17, 15) is 4.79 Å². The number of aromatic nitrogens is 2. The summed E-state index contributed by atoms with van der Waals surface area (Å²) in [5, 5.41) is 0.351. The van der Waals surface area contributed by atoms with E-state index >= 15 is 4.39 Å². The molecule has 2 aromatic rings. The summed E-state index contributed by atoms with van der Waals surface area (Å²) in [5.41, 5.74) is 7.46. The Kier molecular flexibility index (Phi) is 6.43. The number of carbonyl (C=O) groups excluding carboxylic acids is 1. The molecule has 1 saturated heterocycles. The van der Waals surface area contributed by atoms with Gasteiger partial charge in [0.15, 0.2) is 23.1 Å². The number of allylic oxidation sites excluding steroid dienone is 1. The van der Waals surface area contributed by atoms with Crippen LogP contribution < -0.4 is 20.1 Å². The molecule has 0 bridgehead atoms. The van der Waals surface area contributed by atoms with Gasteiger partial charge in [-0.3, -0.25) is 9.69 Å². The van der Waals surface area contributed by atoms with Crippen molar-refractivity contribution < 1.29 is 23.4 Å². The maximum atomic E-state index is 15.2. The molecule has 2 heterocycles. The summed E-state index contributed by atoms with van der Waals surface area (Å²) in [6.07, 6.45) is 3.81. The first kappa shape index (κ1) is 22.2. The number of nitrogens with zero attached hydrogens (tertiary/aromatic N) is 4. The topological polar surface area (TPSA) is 103 Å². The van der Waals surface area contributed by atoms with Gasteiger partial charge in [0.1, 0.15) is 11.3 Å². The monoisotopic (exact) mass is 445 g/mol. The zero-order valence-electron chi connectivity index (χ0n) is 18.6. The van der Waals surface area contributed by atoms with Crippen LogP contribution in [0, 0.1) is 5.82 Å². The molecule has 9 nitrogen and oxygen atoms in total. The number of hydrogen-bond acceptors (Lipinski definition) is 9. The van der Waals surface area contributed by atoms with Crippen molar-refractivity contribution in [2.75, 3.05) is 64.7 Å². The summed E-state index contributed by atoms with van der Waals surface area (Å²) >= 11 is 0. The number of hydrogen-bond donors (Lipinski definition) is 1. The van der Waals surface area contributed by atoms with E-state index in [1.54, 1.807) is 19.3 Å². The van der Waals surface area contributed by atoms with Crippen molar-refractivity contribution in [2.45, 2.75) is 18.9 Å². The van der Waals surface area contributed by atoms with Crippen LogP contribution in [0.15, 0.2) is 17.7 Å². The van der Waals surface area contributed by atoms with Crippen LogP contribution in [0.25, 0.3) is 10.9 Å². The van der Waals surface area contributed by atoms with E-state index < -0.39 is 5.82 Å². The number of rotatable bonds is 8. The zero-order valence-corrected chi connectivity index (χ0v) is 18.6. The lowest BCUT2D eigenvalue weighted by atomic mass is 10.1. The molecule has 10 heteroatoms. The van der Waals surface area contributed by atoms with Gasteiger partial charge in [0.05, 0.1) is 33.4 Å². The van der Waals surface area contributed by atoms with Gasteiger partial charge < -0.3 is 24.8 Å². The summed E-state index contributed by atoms with van der Waals surface area (Å²) in [7, 11) is 4.41. The van der Waals surface area contributed by atoms with Gasteiger partial charge in [-0.2, -0.15) is 4.98 Å². The highest BCUT2D eigenvalue weighted by atomic mass is 19.1. The first-order valence-corrected chi connectivity index (χ1v) is 10.5. The largest absolute Gasteiger partial charge is 0.493 e. The molecule has 1 aliphatic carbocycles. The molecule has 0 amide bonds. The Morgan fingerprint density at radius 2 is 2.03 bits per heavy atom. The number of nitrogen functional groups attached to an aromatic ring is 1. The van der Waals surface area contributed by atoms with Crippen molar-refractivity contribution >= 4 is 28.5 Å². The van der Waals surface area contributed by atoms with Gasteiger partial charge >= 0.3 is 0 Å². The fraction of sp³-hybridized carbons (Fsp3) is 0.500. The fourth-order valence-corrected chi connectivity index (χ4v) is 4.04. The molecule has 172 valence electrons. The van der Waals surface area contributed by atoms with Crippen LogP contribution in [0.5, 0.6) is 11.5 Å². The number of methoxy groups -OCH3 is 3. The van der Waals surface area contributed by atoms with Crippen molar-refractivity contribution in [2.24, 2.45) is 0 Å². The van der Waals surface area contributed by atoms with Gasteiger partial charge in [0, 0.05) is 32.1 Å². The molecule has 1 saturated carbocycles. The zero-order chi connectivity index (χ0) is 22.8. The SMILES string of the molecule is COCC1CN(CC(=O)C=C2CC2)CCN1c1nc(N)c2cc(OC)c(OC)c(F)c2n1. The molecule has 32 heavy (non-hydrogen) atoms. The van der Waals surface area contributed by atoms with Crippen molar-refractivity contribution in [1.29, 1.82) is 0 Å². The van der Waals surface area contributed by atoms with E-state index in [-0.39, 0.29) is 34.7 Å². The minimum atomic E-state index is -0.655. The van der Waals surface area contributed by atoms with Crippen molar-refractivity contribution in [3.05, 3.63) is 23.5 Å². The summed E-state index contributed by atoms with van der Waals surface area (Å²) < 4.78 is 30.9. The van der Waals surface area contributed by atoms with Crippen LogP contribution in [0.2, 0.25) is 0 Å².